The minimum atomic E-state index is 0.383. The van der Waals surface area contributed by atoms with Gasteiger partial charge in [-0.25, -0.2) is 0 Å². The van der Waals surface area contributed by atoms with Gasteiger partial charge in [0.15, 0.2) is 11.5 Å². The fourth-order valence-corrected chi connectivity index (χ4v) is 2.30. The lowest BCUT2D eigenvalue weighted by Crippen LogP contribution is -2.29. The molecular formula is C14H20N2O2. The van der Waals surface area contributed by atoms with Gasteiger partial charge in [-0.1, -0.05) is 6.07 Å². The third-order valence-electron chi connectivity index (χ3n) is 3.83. The fourth-order valence-electron chi connectivity index (χ4n) is 2.30. The maximum Gasteiger partial charge on any atom is 0.161 e. The highest BCUT2D eigenvalue weighted by atomic mass is 16.6. The summed E-state index contributed by atoms with van der Waals surface area (Å²) in [6.07, 6.45) is 2.52. The van der Waals surface area contributed by atoms with E-state index < -0.39 is 0 Å². The van der Waals surface area contributed by atoms with Crippen LogP contribution < -0.4 is 20.5 Å². The van der Waals surface area contributed by atoms with Crippen molar-refractivity contribution < 1.29 is 9.47 Å². The number of hydrogen-bond acceptors (Lipinski definition) is 4. The molecule has 0 bridgehead atoms. The quantitative estimate of drug-likeness (QED) is 0.824. The Labute approximate surface area is 107 Å². The van der Waals surface area contributed by atoms with Crippen LogP contribution in [0.25, 0.3) is 0 Å². The summed E-state index contributed by atoms with van der Waals surface area (Å²) in [6.45, 7) is 3.95. The molecule has 4 heteroatoms. The van der Waals surface area contributed by atoms with E-state index in [1.165, 1.54) is 18.4 Å². The van der Waals surface area contributed by atoms with Gasteiger partial charge in [0.05, 0.1) is 0 Å². The van der Waals surface area contributed by atoms with Crippen LogP contribution >= 0.6 is 0 Å². The van der Waals surface area contributed by atoms with E-state index in [0.29, 0.717) is 18.6 Å². The van der Waals surface area contributed by atoms with Gasteiger partial charge < -0.3 is 20.5 Å². The molecule has 1 fully saturated rings. The van der Waals surface area contributed by atoms with Crippen molar-refractivity contribution in [1.82, 2.24) is 5.32 Å². The summed E-state index contributed by atoms with van der Waals surface area (Å²) >= 11 is 0. The maximum atomic E-state index is 5.76. The smallest absolute Gasteiger partial charge is 0.161 e. The minimum absolute atomic E-state index is 0.383. The Balaban J connectivity index is 1.56. The number of ether oxygens (including phenoxy) is 2. The van der Waals surface area contributed by atoms with Crippen LogP contribution in [0.5, 0.6) is 11.5 Å². The van der Waals surface area contributed by atoms with Crippen molar-refractivity contribution in [3.63, 3.8) is 0 Å². The van der Waals surface area contributed by atoms with E-state index in [9.17, 15) is 0 Å². The van der Waals surface area contributed by atoms with Gasteiger partial charge >= 0.3 is 0 Å². The fraction of sp³-hybridized carbons (Fsp3) is 0.571. The molecule has 0 aromatic heterocycles. The van der Waals surface area contributed by atoms with Crippen molar-refractivity contribution in [2.24, 2.45) is 11.1 Å². The molecule has 3 N–H and O–H groups in total. The van der Waals surface area contributed by atoms with Crippen LogP contribution in [-0.4, -0.2) is 26.3 Å². The van der Waals surface area contributed by atoms with Gasteiger partial charge in [-0.3, -0.25) is 0 Å². The summed E-state index contributed by atoms with van der Waals surface area (Å²) in [5.74, 6) is 1.71. The van der Waals surface area contributed by atoms with Crippen molar-refractivity contribution in [2.45, 2.75) is 19.4 Å². The Hall–Kier alpha value is -1.26. The molecule has 2 aliphatic rings. The molecule has 4 nitrogen and oxygen atoms in total. The van der Waals surface area contributed by atoms with Gasteiger partial charge in [0.1, 0.15) is 13.2 Å². The highest BCUT2D eigenvalue weighted by Crippen LogP contribution is 2.43. The largest absolute Gasteiger partial charge is 0.486 e. The van der Waals surface area contributed by atoms with Crippen molar-refractivity contribution in [2.75, 3.05) is 26.3 Å². The molecule has 1 aromatic carbocycles. The van der Waals surface area contributed by atoms with Gasteiger partial charge in [0.2, 0.25) is 0 Å². The monoisotopic (exact) mass is 248 g/mol. The number of fused-ring (bicyclic) bond motifs is 1. The molecule has 0 atom stereocenters. The van der Waals surface area contributed by atoms with Crippen LogP contribution in [0.15, 0.2) is 18.2 Å². The molecule has 1 aliphatic heterocycles. The zero-order valence-corrected chi connectivity index (χ0v) is 10.6. The van der Waals surface area contributed by atoms with Crippen LogP contribution in [-0.2, 0) is 6.54 Å². The predicted molar refractivity (Wildman–Crippen MR) is 69.9 cm³/mol. The van der Waals surface area contributed by atoms with Gasteiger partial charge in [0.25, 0.3) is 0 Å². The molecule has 0 amide bonds. The Bertz CT molecular complexity index is 430. The predicted octanol–water partition coefficient (Wildman–Crippen LogP) is 1.29. The SMILES string of the molecule is NCC1(CNCc2ccc3c(c2)OCCO3)CC1. The van der Waals surface area contributed by atoms with E-state index in [-0.39, 0.29) is 0 Å². The summed E-state index contributed by atoms with van der Waals surface area (Å²) in [6, 6.07) is 6.13. The normalized spacial score (nSPS) is 19.6. The van der Waals surface area contributed by atoms with Gasteiger partial charge in [0, 0.05) is 13.1 Å². The first-order chi connectivity index (χ1) is 8.81. The van der Waals surface area contributed by atoms with E-state index >= 15 is 0 Å². The zero-order chi connectivity index (χ0) is 12.4. The summed E-state index contributed by atoms with van der Waals surface area (Å²) in [4.78, 5) is 0. The Kier molecular flexibility index (Phi) is 3.14. The molecule has 0 unspecified atom stereocenters. The molecule has 1 saturated carbocycles. The lowest BCUT2D eigenvalue weighted by Gasteiger charge is -2.19. The van der Waals surface area contributed by atoms with E-state index in [0.717, 1.165) is 31.1 Å². The zero-order valence-electron chi connectivity index (χ0n) is 10.6. The standard InChI is InChI=1S/C14H20N2O2/c15-9-14(3-4-14)10-16-8-11-1-2-12-13(7-11)18-6-5-17-12/h1-2,7,16H,3-6,8-10,15H2. The molecule has 0 saturated heterocycles. The highest BCUT2D eigenvalue weighted by Gasteiger charge is 2.40. The van der Waals surface area contributed by atoms with Crippen LogP contribution in [0.3, 0.4) is 0 Å². The third-order valence-corrected chi connectivity index (χ3v) is 3.83. The first kappa shape index (κ1) is 11.8. The van der Waals surface area contributed by atoms with E-state index in [1.54, 1.807) is 0 Å². The maximum absolute atomic E-state index is 5.76. The Morgan fingerprint density at radius 3 is 2.67 bits per heavy atom. The summed E-state index contributed by atoms with van der Waals surface area (Å²) < 4.78 is 11.1. The van der Waals surface area contributed by atoms with Crippen LogP contribution in [0.1, 0.15) is 18.4 Å². The van der Waals surface area contributed by atoms with E-state index in [2.05, 4.69) is 17.4 Å². The second-order valence-corrected chi connectivity index (χ2v) is 5.29. The molecule has 0 spiro atoms. The third kappa shape index (κ3) is 2.44. The molecule has 98 valence electrons. The van der Waals surface area contributed by atoms with Crippen LogP contribution in [0.4, 0.5) is 0 Å². The molecule has 18 heavy (non-hydrogen) atoms. The average molecular weight is 248 g/mol. The molecule has 1 heterocycles. The van der Waals surface area contributed by atoms with Gasteiger partial charge in [-0.15, -0.1) is 0 Å². The van der Waals surface area contributed by atoms with Gasteiger partial charge in [-0.2, -0.15) is 0 Å². The minimum Gasteiger partial charge on any atom is -0.486 e. The number of rotatable bonds is 5. The molecule has 0 radical (unpaired) electrons. The van der Waals surface area contributed by atoms with Crippen LogP contribution in [0, 0.1) is 5.41 Å². The summed E-state index contributed by atoms with van der Waals surface area (Å²) in [5, 5.41) is 3.49. The summed E-state index contributed by atoms with van der Waals surface area (Å²) in [7, 11) is 0. The van der Waals surface area contributed by atoms with Gasteiger partial charge in [-0.05, 0) is 42.5 Å². The average Bonchev–Trinajstić information content (AvgIpc) is 3.19. The first-order valence-electron chi connectivity index (χ1n) is 6.61. The first-order valence-corrected chi connectivity index (χ1v) is 6.61. The molecular weight excluding hydrogens is 228 g/mol. The highest BCUT2D eigenvalue weighted by molar-refractivity contribution is 5.43. The number of hydrogen-bond donors (Lipinski definition) is 2. The number of nitrogens with two attached hydrogens (primary N) is 1. The van der Waals surface area contributed by atoms with Crippen molar-refractivity contribution in [3.05, 3.63) is 23.8 Å². The second-order valence-electron chi connectivity index (χ2n) is 5.29. The topological polar surface area (TPSA) is 56.5 Å². The van der Waals surface area contributed by atoms with E-state index in [4.69, 9.17) is 15.2 Å². The van der Waals surface area contributed by atoms with Crippen molar-refractivity contribution in [1.29, 1.82) is 0 Å². The van der Waals surface area contributed by atoms with Crippen LogP contribution in [0.2, 0.25) is 0 Å². The molecule has 3 rings (SSSR count). The summed E-state index contributed by atoms with van der Waals surface area (Å²) in [5.41, 5.74) is 7.37. The molecule has 1 aromatic rings. The van der Waals surface area contributed by atoms with Crippen molar-refractivity contribution in [3.8, 4) is 11.5 Å². The second kappa shape index (κ2) is 4.78. The van der Waals surface area contributed by atoms with E-state index in [1.807, 2.05) is 6.07 Å². The Morgan fingerprint density at radius 2 is 1.94 bits per heavy atom. The molecule has 1 aliphatic carbocycles. The lowest BCUT2D eigenvalue weighted by atomic mass is 10.1. The number of nitrogens with one attached hydrogen (secondary N) is 1. The Morgan fingerprint density at radius 1 is 1.17 bits per heavy atom. The van der Waals surface area contributed by atoms with Crippen molar-refractivity contribution >= 4 is 0 Å². The number of benzene rings is 1. The lowest BCUT2D eigenvalue weighted by molar-refractivity contribution is 0.171.